The van der Waals surface area contributed by atoms with Gasteiger partial charge in [0.15, 0.2) is 6.23 Å². The van der Waals surface area contributed by atoms with Gasteiger partial charge in [-0.2, -0.15) is 0 Å². The van der Waals surface area contributed by atoms with Crippen molar-refractivity contribution < 1.29 is 95.7 Å². The summed E-state index contributed by atoms with van der Waals surface area (Å²) in [4.78, 5) is 45.6. The van der Waals surface area contributed by atoms with Crippen molar-refractivity contribution in [1.82, 2.24) is 9.55 Å². The zero-order chi connectivity index (χ0) is 17.6. The fourth-order valence-corrected chi connectivity index (χ4v) is 1.96. The van der Waals surface area contributed by atoms with E-state index in [9.17, 15) is 34.2 Å². The monoisotopic (exact) mass is 370 g/mol. The number of aromatic nitrogens is 2. The Bertz CT molecular complexity index is 753. The van der Waals surface area contributed by atoms with Crippen LogP contribution in [0.3, 0.4) is 0 Å². The molecule has 11 nitrogen and oxygen atoms in total. The van der Waals surface area contributed by atoms with E-state index in [4.69, 9.17) is 7.48 Å². The van der Waals surface area contributed by atoms with Crippen LogP contribution in [0.2, 0.25) is 0 Å². The number of ether oxygens (including phenoxy) is 1. The minimum atomic E-state index is -5.76. The van der Waals surface area contributed by atoms with Crippen molar-refractivity contribution in [3.05, 3.63) is 33.1 Å². The predicted octanol–water partition coefficient (Wildman–Crippen LogP) is -9.99. The molecule has 0 unspecified atom stereocenters. The van der Waals surface area contributed by atoms with Gasteiger partial charge in [0, 0.05) is 12.3 Å². The zero-order valence-corrected chi connectivity index (χ0v) is 17.0. The SMILES string of the molecule is [2H]C([2H])(OP(=O)([O-])[O-])[C@H]1O[C@@H](n2ccc(=O)[nH]c2=O)[C@H](O)[C@@H]1O.[Na+].[Na+]. The summed E-state index contributed by atoms with van der Waals surface area (Å²) in [5, 5.41) is 19.7. The third-order valence-electron chi connectivity index (χ3n) is 2.64. The van der Waals surface area contributed by atoms with E-state index in [1.54, 1.807) is 0 Å². The standard InChI is InChI=1S/C9H13N2O9P.2Na/c12-5-1-2-11(9(15)10-5)8-7(14)6(13)4(20-8)3-19-21(16,17)18;;/h1-2,4,6-8,13-14H,3H2,(H,10,12,15)(H2,16,17,18);;/q;2*+1/p-2/t4-,6-,7-,8-;;/m1../s1/i3D2;;. The molecule has 0 saturated carbocycles. The van der Waals surface area contributed by atoms with Crippen molar-refractivity contribution >= 4 is 7.82 Å². The summed E-state index contributed by atoms with van der Waals surface area (Å²) >= 11 is 0. The van der Waals surface area contributed by atoms with Gasteiger partial charge in [-0.15, -0.1) is 0 Å². The summed E-state index contributed by atoms with van der Waals surface area (Å²) in [6.45, 7) is -3.29. The molecule has 3 N–H and O–H groups in total. The van der Waals surface area contributed by atoms with E-state index in [-0.39, 0.29) is 59.1 Å². The van der Waals surface area contributed by atoms with Gasteiger partial charge in [-0.25, -0.2) is 4.79 Å². The molecule has 0 aromatic carbocycles. The number of hydrogen-bond acceptors (Lipinski definition) is 9. The summed E-state index contributed by atoms with van der Waals surface area (Å²) in [5.74, 6) is 0. The van der Waals surface area contributed by atoms with Gasteiger partial charge in [0.1, 0.15) is 18.3 Å². The Hall–Kier alpha value is 0.670. The Morgan fingerprint density at radius 2 is 2.00 bits per heavy atom. The van der Waals surface area contributed by atoms with E-state index >= 15 is 0 Å². The van der Waals surface area contributed by atoms with Crippen LogP contribution >= 0.6 is 7.82 Å². The molecule has 0 spiro atoms. The van der Waals surface area contributed by atoms with Crippen LogP contribution in [0.5, 0.6) is 0 Å². The van der Waals surface area contributed by atoms with Crippen LogP contribution in [0.4, 0.5) is 0 Å². The first-order valence-electron chi connectivity index (χ1n) is 6.48. The number of rotatable bonds is 4. The quantitative estimate of drug-likeness (QED) is 0.343. The molecule has 23 heavy (non-hydrogen) atoms. The maximum absolute atomic E-state index is 11.6. The molecule has 0 bridgehead atoms. The van der Waals surface area contributed by atoms with E-state index in [1.807, 2.05) is 4.98 Å². The fraction of sp³-hybridized carbons (Fsp3) is 0.556. The molecule has 0 radical (unpaired) electrons. The Morgan fingerprint density at radius 3 is 2.52 bits per heavy atom. The number of aliphatic hydroxyl groups is 2. The minimum Gasteiger partial charge on any atom is -0.790 e. The Morgan fingerprint density at radius 1 is 1.39 bits per heavy atom. The van der Waals surface area contributed by atoms with E-state index in [0.29, 0.717) is 4.57 Å². The van der Waals surface area contributed by atoms with Crippen molar-refractivity contribution in [3.8, 4) is 0 Å². The molecule has 14 heteroatoms. The van der Waals surface area contributed by atoms with Gasteiger partial charge in [-0.1, -0.05) is 0 Å². The average molecular weight is 370 g/mol. The molecule has 1 aliphatic heterocycles. The normalized spacial score (nSPS) is 29.0. The third kappa shape index (κ3) is 6.15. The van der Waals surface area contributed by atoms with Gasteiger partial charge in [0.05, 0.1) is 17.1 Å². The van der Waals surface area contributed by atoms with Crippen molar-refractivity contribution in [1.29, 1.82) is 0 Å². The molecule has 0 amide bonds. The molecule has 1 aromatic rings. The second-order valence-corrected chi connectivity index (χ2v) is 5.18. The first-order valence-corrected chi connectivity index (χ1v) is 6.94. The molecule has 2 rings (SSSR count). The number of aromatic amines is 1. The summed E-state index contributed by atoms with van der Waals surface area (Å²) in [7, 11) is -5.76. The maximum Gasteiger partial charge on any atom is 1.00 e. The Labute approximate surface area is 176 Å². The first kappa shape index (κ1) is 20.0. The molecule has 2 heterocycles. The molecule has 4 atom stereocenters. The van der Waals surface area contributed by atoms with Crippen molar-refractivity contribution in [2.75, 3.05) is 6.56 Å². The number of H-pyrrole nitrogens is 1. The van der Waals surface area contributed by atoms with Gasteiger partial charge in [-0.05, 0) is 0 Å². The largest absolute Gasteiger partial charge is 1.00 e. The van der Waals surface area contributed by atoms with Gasteiger partial charge >= 0.3 is 64.8 Å². The Balaban J connectivity index is 0.00000288. The van der Waals surface area contributed by atoms with Crippen LogP contribution in [0.25, 0.3) is 0 Å². The number of hydrogen-bond donors (Lipinski definition) is 3. The predicted molar refractivity (Wildman–Crippen MR) is 60.8 cm³/mol. The Kier molecular flexibility index (Phi) is 8.16. The van der Waals surface area contributed by atoms with E-state index in [0.717, 1.165) is 12.3 Å². The number of nitrogens with zero attached hydrogens (tertiary/aromatic N) is 1. The van der Waals surface area contributed by atoms with Crippen LogP contribution < -0.4 is 80.2 Å². The zero-order valence-electron chi connectivity index (χ0n) is 14.1. The maximum atomic E-state index is 11.6. The van der Waals surface area contributed by atoms with Crippen molar-refractivity contribution in [2.45, 2.75) is 24.5 Å². The second-order valence-electron chi connectivity index (χ2n) is 4.10. The molecule has 1 saturated heterocycles. The number of phosphoric ester groups is 1. The van der Waals surface area contributed by atoms with Gasteiger partial charge in [0.2, 0.25) is 0 Å². The summed E-state index contributed by atoms with van der Waals surface area (Å²) < 4.78 is 34.6. The topological polar surface area (TPSA) is 177 Å². The van der Waals surface area contributed by atoms with Crippen molar-refractivity contribution in [3.63, 3.8) is 0 Å². The molecule has 1 aromatic heterocycles. The van der Waals surface area contributed by atoms with Crippen LogP contribution in [0, 0.1) is 0 Å². The van der Waals surface area contributed by atoms with Gasteiger partial charge in [0.25, 0.3) is 5.56 Å². The molecular formula is C9H11N2Na2O9P. The van der Waals surface area contributed by atoms with Crippen LogP contribution in [-0.4, -0.2) is 44.6 Å². The smallest absolute Gasteiger partial charge is 0.790 e. The van der Waals surface area contributed by atoms with Gasteiger partial charge < -0.3 is 33.8 Å². The summed E-state index contributed by atoms with van der Waals surface area (Å²) in [5.41, 5.74) is -1.76. The molecule has 118 valence electrons. The molecule has 1 fully saturated rings. The molecule has 1 aliphatic rings. The van der Waals surface area contributed by atoms with Crippen molar-refractivity contribution in [2.24, 2.45) is 0 Å². The number of aliphatic hydroxyl groups excluding tert-OH is 2. The van der Waals surface area contributed by atoms with Crippen LogP contribution in [0.1, 0.15) is 8.97 Å². The van der Waals surface area contributed by atoms with E-state index < -0.39 is 50.2 Å². The third-order valence-corrected chi connectivity index (χ3v) is 2.97. The van der Waals surface area contributed by atoms with Crippen LogP contribution in [-0.2, 0) is 13.8 Å². The molecule has 0 aliphatic carbocycles. The van der Waals surface area contributed by atoms with Gasteiger partial charge in [-0.3, -0.25) is 14.3 Å². The average Bonchev–Trinajstić information content (AvgIpc) is 2.65. The van der Waals surface area contributed by atoms with E-state index in [2.05, 4.69) is 4.52 Å². The summed E-state index contributed by atoms with van der Waals surface area (Å²) in [6.07, 6.45) is -6.68. The summed E-state index contributed by atoms with van der Waals surface area (Å²) in [6, 6.07) is 0.909. The first-order chi connectivity index (χ1) is 10.4. The number of nitrogens with one attached hydrogen (secondary N) is 1. The second kappa shape index (κ2) is 9.39. The van der Waals surface area contributed by atoms with Crippen LogP contribution in [0.15, 0.2) is 21.9 Å². The fourth-order valence-electron chi connectivity index (χ4n) is 1.73. The molecular weight excluding hydrogens is 357 g/mol. The number of phosphoric acid groups is 1. The minimum absolute atomic E-state index is 0. The van der Waals surface area contributed by atoms with E-state index in [1.165, 1.54) is 0 Å².